The molecule has 2 aromatic carbocycles. The number of hydrogen-bond acceptors (Lipinski definition) is 14. The monoisotopic (exact) mass is 835 g/mol. The molecule has 1 aromatic heterocycles. The smallest absolute Gasteiger partial charge is 0.427 e. The van der Waals surface area contributed by atoms with Crippen molar-refractivity contribution >= 4 is 27.6 Å². The Labute approximate surface area is 328 Å². The lowest BCUT2D eigenvalue weighted by Gasteiger charge is -2.22. The van der Waals surface area contributed by atoms with Crippen LogP contribution in [0.15, 0.2) is 69.4 Å². The molecule has 0 saturated carbocycles. The Bertz CT molecular complexity index is 2070. The number of carbonyl (C=O) groups excluding carboxylic acids is 2. The van der Waals surface area contributed by atoms with Gasteiger partial charge in [0.25, 0.3) is 5.56 Å². The fraction of sp³-hybridized carbons (Fsp3) is 0.500. The molecule has 21 heteroatoms. The van der Waals surface area contributed by atoms with E-state index >= 15 is 0 Å². The van der Waals surface area contributed by atoms with Crippen LogP contribution in [0.5, 0.6) is 11.5 Å². The molecule has 2 heterocycles. The van der Waals surface area contributed by atoms with Crippen LogP contribution in [0.1, 0.15) is 94.6 Å². The minimum atomic E-state index is -5.30. The number of aryl methyl sites for hydroxylation is 1. The van der Waals surface area contributed by atoms with Crippen LogP contribution in [-0.2, 0) is 54.6 Å². The van der Waals surface area contributed by atoms with Gasteiger partial charge in [-0.15, -0.1) is 0 Å². The number of aromatic nitrogens is 2. The third-order valence-corrected chi connectivity index (χ3v) is 11.6. The molecule has 2 unspecified atom stereocenters. The molecule has 2 N–H and O–H groups in total. The minimum Gasteiger partial charge on any atom is -0.427 e. The van der Waals surface area contributed by atoms with E-state index in [1.165, 1.54) is 87.8 Å². The lowest BCUT2D eigenvalue weighted by atomic mass is 10.1. The first-order valence-electron chi connectivity index (χ1n) is 18.4. The second-order valence-corrected chi connectivity index (χ2v) is 16.4. The van der Waals surface area contributed by atoms with E-state index in [0.717, 1.165) is 30.3 Å². The maximum Gasteiger partial charge on any atom is 0.484 e. The van der Waals surface area contributed by atoms with E-state index in [0.29, 0.717) is 11.1 Å². The van der Waals surface area contributed by atoms with Crippen molar-refractivity contribution in [1.82, 2.24) is 9.55 Å². The van der Waals surface area contributed by atoms with Crippen LogP contribution in [0.25, 0.3) is 10.4 Å². The molecule has 4 rings (SSSR count). The molecule has 3 aromatic rings. The molecule has 1 aliphatic heterocycles. The molecular weight excluding hydrogens is 788 g/mol. The quantitative estimate of drug-likeness (QED) is 0.0179. The summed E-state index contributed by atoms with van der Waals surface area (Å²) >= 11 is 0. The average Bonchev–Trinajstić information content (AvgIpc) is 3.56. The van der Waals surface area contributed by atoms with Gasteiger partial charge in [-0.3, -0.25) is 37.5 Å². The van der Waals surface area contributed by atoms with Crippen molar-refractivity contribution in [2.45, 2.75) is 110 Å². The van der Waals surface area contributed by atoms with Crippen LogP contribution >= 0.6 is 15.6 Å². The van der Waals surface area contributed by atoms with E-state index in [1.54, 1.807) is 0 Å². The normalized spacial score (nSPS) is 18.6. The fourth-order valence-corrected chi connectivity index (χ4v) is 8.22. The molecule has 0 radical (unpaired) electrons. The van der Waals surface area contributed by atoms with E-state index in [-0.39, 0.29) is 35.9 Å². The van der Waals surface area contributed by atoms with Crippen molar-refractivity contribution in [1.29, 1.82) is 0 Å². The van der Waals surface area contributed by atoms with Crippen molar-refractivity contribution in [2.75, 3.05) is 6.61 Å². The highest BCUT2D eigenvalue weighted by molar-refractivity contribution is 7.61. The van der Waals surface area contributed by atoms with Crippen LogP contribution in [0.4, 0.5) is 0 Å². The number of ether oxygens (including phenoxy) is 3. The van der Waals surface area contributed by atoms with Crippen molar-refractivity contribution in [3.05, 3.63) is 103 Å². The largest absolute Gasteiger partial charge is 0.484 e. The number of aromatic amines is 1. The van der Waals surface area contributed by atoms with Gasteiger partial charge in [-0.25, -0.2) is 13.9 Å². The number of phosphoric ester groups is 2. The molecule has 1 fully saturated rings. The van der Waals surface area contributed by atoms with Crippen LogP contribution < -0.4 is 20.7 Å². The number of H-pyrrole nitrogens is 1. The number of nitrogens with one attached hydrogen (secondary N) is 1. The van der Waals surface area contributed by atoms with Crippen molar-refractivity contribution in [3.8, 4) is 11.5 Å². The molecule has 1 saturated heterocycles. The number of nitrogens with zero attached hydrogens (tertiary/aromatic N) is 4. The standard InChI is InChI=1S/C36H47N5O14P2/c1-4-5-6-7-8-9-10-11-34(43)53-30-18-14-28(15-19-30)23-51-57(48,50-22-27-12-16-29(17-13-27)52-26(3)42)55-56(46,47)49-24-32-31(39-40-37)20-33(54-32)41-21-25(2)35(44)38-36(41)45/h12-19,21,31-33H,4-11,20,22-24H2,1-3H3,(H,46,47)(H,38,44,45)/t31-,32+,33+,57?/m0/s1. The topological polar surface area (TPSA) is 257 Å². The molecule has 0 aliphatic carbocycles. The lowest BCUT2D eigenvalue weighted by Crippen LogP contribution is -2.33. The zero-order chi connectivity index (χ0) is 41.4. The highest BCUT2D eigenvalue weighted by atomic mass is 31.3. The first-order chi connectivity index (χ1) is 27.2. The van der Waals surface area contributed by atoms with Crippen LogP contribution in [-0.4, -0.2) is 45.1 Å². The third kappa shape index (κ3) is 15.1. The van der Waals surface area contributed by atoms with E-state index in [2.05, 4.69) is 21.9 Å². The molecule has 1 aliphatic rings. The predicted molar refractivity (Wildman–Crippen MR) is 204 cm³/mol. The number of benzene rings is 2. The van der Waals surface area contributed by atoms with Gasteiger partial charge < -0.3 is 19.1 Å². The number of esters is 2. The Morgan fingerprint density at radius 2 is 1.51 bits per heavy atom. The number of phosphoric acid groups is 2. The van der Waals surface area contributed by atoms with Crippen LogP contribution in [0.3, 0.4) is 0 Å². The summed E-state index contributed by atoms with van der Waals surface area (Å²) in [5, 5.41) is 3.64. The first-order valence-corrected chi connectivity index (χ1v) is 21.3. The highest BCUT2D eigenvalue weighted by Gasteiger charge is 2.42. The van der Waals surface area contributed by atoms with Gasteiger partial charge in [-0.2, -0.15) is 4.31 Å². The second kappa shape index (κ2) is 21.9. The first kappa shape index (κ1) is 45.3. The second-order valence-electron chi connectivity index (χ2n) is 13.2. The summed E-state index contributed by atoms with van der Waals surface area (Å²) in [4.78, 5) is 63.5. The summed E-state index contributed by atoms with van der Waals surface area (Å²) in [6, 6.07) is 11.0. The minimum absolute atomic E-state index is 0.0573. The molecule has 0 spiro atoms. The van der Waals surface area contributed by atoms with E-state index in [9.17, 15) is 33.2 Å². The van der Waals surface area contributed by atoms with Gasteiger partial charge in [0.1, 0.15) is 17.7 Å². The van der Waals surface area contributed by atoms with Gasteiger partial charge in [0.2, 0.25) is 0 Å². The zero-order valence-electron chi connectivity index (χ0n) is 31.9. The number of hydrogen-bond donors (Lipinski definition) is 2. The lowest BCUT2D eigenvalue weighted by molar-refractivity contribution is -0.134. The van der Waals surface area contributed by atoms with E-state index < -0.39 is 71.1 Å². The van der Waals surface area contributed by atoms with Gasteiger partial charge in [0.05, 0.1) is 32.0 Å². The Balaban J connectivity index is 1.40. The summed E-state index contributed by atoms with van der Waals surface area (Å²) in [6.07, 6.45) is 6.69. The average molecular weight is 836 g/mol. The number of rotatable bonds is 23. The summed E-state index contributed by atoms with van der Waals surface area (Å²) in [5.41, 5.74) is 8.72. The Morgan fingerprint density at radius 1 is 0.930 bits per heavy atom. The number of azide groups is 1. The molecule has 57 heavy (non-hydrogen) atoms. The molecule has 5 atom stereocenters. The predicted octanol–water partition coefficient (Wildman–Crippen LogP) is 7.46. The summed E-state index contributed by atoms with van der Waals surface area (Å²) in [7, 11) is -10.2. The number of carbonyl (C=O) groups is 2. The van der Waals surface area contributed by atoms with Gasteiger partial charge in [0.15, 0.2) is 0 Å². The van der Waals surface area contributed by atoms with E-state index in [1.807, 2.05) is 0 Å². The Kier molecular flexibility index (Phi) is 17.4. The Hall–Kier alpha value is -4.41. The molecule has 310 valence electrons. The SMILES string of the molecule is CCCCCCCCCC(=O)Oc1ccc(COP(=O)(OCc2ccc(OC(C)=O)cc2)OP(=O)(O)OC[C@H]2O[C@@H](n3cc(C)c(=O)[nH]c3=O)C[C@@H]2N=[N+]=[N-])cc1. The maximum atomic E-state index is 13.9. The van der Waals surface area contributed by atoms with Gasteiger partial charge >= 0.3 is 33.3 Å². The molecule has 0 bridgehead atoms. The fourth-order valence-electron chi connectivity index (χ4n) is 5.62. The van der Waals surface area contributed by atoms with Gasteiger partial charge in [-0.1, -0.05) is 74.8 Å². The summed E-state index contributed by atoms with van der Waals surface area (Å²) in [6.45, 7) is 3.23. The molecule has 0 amide bonds. The summed E-state index contributed by atoms with van der Waals surface area (Å²) < 4.78 is 65.5. The molecule has 19 nitrogen and oxygen atoms in total. The van der Waals surface area contributed by atoms with Crippen molar-refractivity contribution in [2.24, 2.45) is 5.11 Å². The van der Waals surface area contributed by atoms with Crippen molar-refractivity contribution < 1.29 is 55.7 Å². The molecular formula is C36H47N5O14P2. The highest BCUT2D eigenvalue weighted by Crippen LogP contribution is 2.64. The van der Waals surface area contributed by atoms with Crippen LogP contribution in [0, 0.1) is 6.92 Å². The maximum absolute atomic E-state index is 13.9. The van der Waals surface area contributed by atoms with Gasteiger partial charge in [-0.05, 0) is 54.3 Å². The zero-order valence-corrected chi connectivity index (χ0v) is 33.6. The number of unbranched alkanes of at least 4 members (excludes halogenated alkanes) is 6. The van der Waals surface area contributed by atoms with Crippen LogP contribution in [0.2, 0.25) is 0 Å². The summed E-state index contributed by atoms with van der Waals surface area (Å²) in [5.74, 6) is -0.395. The Morgan fingerprint density at radius 3 is 2.09 bits per heavy atom. The van der Waals surface area contributed by atoms with Crippen molar-refractivity contribution in [3.63, 3.8) is 0 Å². The van der Waals surface area contributed by atoms with Gasteiger partial charge in [0, 0.05) is 36.4 Å². The van der Waals surface area contributed by atoms with E-state index in [4.69, 9.17) is 37.6 Å². The third-order valence-electron chi connectivity index (χ3n) is 8.57.